The molecule has 0 spiro atoms. The molecule has 3 nitrogen and oxygen atoms in total. The molecule has 60 valence electrons. The Bertz CT molecular complexity index is 214. The van der Waals surface area contributed by atoms with Crippen molar-refractivity contribution in [2.45, 2.75) is 30.7 Å². The minimum Gasteiger partial charge on any atom is -0.246 e. The Morgan fingerprint density at radius 1 is 1.40 bits per heavy atom. The summed E-state index contributed by atoms with van der Waals surface area (Å²) in [5.74, 6) is 0. The summed E-state index contributed by atoms with van der Waals surface area (Å²) in [5.41, 5.74) is 0. The van der Waals surface area contributed by atoms with Crippen LogP contribution in [-0.4, -0.2) is 19.8 Å². The summed E-state index contributed by atoms with van der Waals surface area (Å²) in [6.45, 7) is 0. The number of nitrogens with two attached hydrogens (primary N) is 1. The van der Waals surface area contributed by atoms with E-state index in [-0.39, 0.29) is 0 Å². The van der Waals surface area contributed by atoms with Crippen molar-refractivity contribution in [2.24, 2.45) is 5.14 Å². The fourth-order valence-electron chi connectivity index (χ4n) is 1.25. The maximum atomic E-state index is 12.6. The normalized spacial score (nSPS) is 34.6. The number of sulfonamides is 1. The third-order valence-electron chi connectivity index (χ3n) is 1.79. The number of alkyl halides is 1. The molecule has 10 heavy (non-hydrogen) atoms. The van der Waals surface area contributed by atoms with Gasteiger partial charge in [0.05, 0.1) is 0 Å². The van der Waals surface area contributed by atoms with Gasteiger partial charge in [-0.3, -0.25) is 0 Å². The summed E-state index contributed by atoms with van der Waals surface area (Å²) in [4.78, 5) is 0. The van der Waals surface area contributed by atoms with E-state index in [0.717, 1.165) is 0 Å². The third kappa shape index (κ3) is 1.46. The van der Waals surface area contributed by atoms with Crippen LogP contribution in [0.25, 0.3) is 0 Å². The van der Waals surface area contributed by atoms with Gasteiger partial charge in [-0.05, 0) is 19.3 Å². The van der Waals surface area contributed by atoms with Gasteiger partial charge >= 0.3 is 0 Å². The van der Waals surface area contributed by atoms with Crippen LogP contribution in [0, 0.1) is 0 Å². The number of halogens is 1. The number of rotatable bonds is 1. The average Bonchev–Trinajstić information content (AvgIpc) is 2.11. The highest BCUT2D eigenvalue weighted by molar-refractivity contribution is 7.89. The molecule has 0 bridgehead atoms. The molecule has 0 aromatic carbocycles. The molecule has 2 N–H and O–H groups in total. The second-order valence-electron chi connectivity index (χ2n) is 2.57. The van der Waals surface area contributed by atoms with Gasteiger partial charge in [-0.15, -0.1) is 0 Å². The van der Waals surface area contributed by atoms with Gasteiger partial charge in [0.15, 0.2) is 0 Å². The van der Waals surface area contributed by atoms with E-state index in [2.05, 4.69) is 0 Å². The smallest absolute Gasteiger partial charge is 0.214 e. The SMILES string of the molecule is NS(=O)(=O)[C@@H]1CCC[C@@H]1F. The zero-order chi connectivity index (χ0) is 7.78. The Hall–Kier alpha value is -0.160. The first-order valence-electron chi connectivity index (χ1n) is 3.17. The molecule has 1 saturated carbocycles. The lowest BCUT2D eigenvalue weighted by atomic mass is 10.3. The minimum absolute atomic E-state index is 0.334. The highest BCUT2D eigenvalue weighted by Crippen LogP contribution is 2.26. The van der Waals surface area contributed by atoms with Crippen LogP contribution in [-0.2, 0) is 10.0 Å². The molecule has 1 fully saturated rings. The fraction of sp³-hybridized carbons (Fsp3) is 1.00. The van der Waals surface area contributed by atoms with Crippen LogP contribution in [0.4, 0.5) is 4.39 Å². The molecule has 1 aliphatic rings. The maximum Gasteiger partial charge on any atom is 0.214 e. The van der Waals surface area contributed by atoms with Crippen molar-refractivity contribution >= 4 is 10.0 Å². The van der Waals surface area contributed by atoms with Gasteiger partial charge in [0.2, 0.25) is 10.0 Å². The predicted octanol–water partition coefficient (Wildman–Crippen LogP) is 0.166. The second kappa shape index (κ2) is 2.47. The molecular weight excluding hydrogens is 157 g/mol. The summed E-state index contributed by atoms with van der Waals surface area (Å²) >= 11 is 0. The molecule has 0 unspecified atom stereocenters. The van der Waals surface area contributed by atoms with E-state index in [1.165, 1.54) is 0 Å². The first-order chi connectivity index (χ1) is 4.52. The quantitative estimate of drug-likeness (QED) is 0.605. The van der Waals surface area contributed by atoms with Crippen LogP contribution in [0.2, 0.25) is 0 Å². The highest BCUT2D eigenvalue weighted by Gasteiger charge is 2.35. The van der Waals surface area contributed by atoms with Crippen molar-refractivity contribution in [3.8, 4) is 0 Å². The van der Waals surface area contributed by atoms with E-state index in [1.54, 1.807) is 0 Å². The fourth-order valence-corrected chi connectivity index (χ4v) is 2.29. The van der Waals surface area contributed by atoms with Crippen LogP contribution in [0.5, 0.6) is 0 Å². The van der Waals surface area contributed by atoms with E-state index in [0.29, 0.717) is 19.3 Å². The Morgan fingerprint density at radius 3 is 2.20 bits per heavy atom. The molecular formula is C5H10FNO2S. The summed E-state index contributed by atoms with van der Waals surface area (Å²) < 4.78 is 33.8. The topological polar surface area (TPSA) is 60.2 Å². The number of hydrogen-bond acceptors (Lipinski definition) is 2. The van der Waals surface area contributed by atoms with Gasteiger partial charge in [0.25, 0.3) is 0 Å². The van der Waals surface area contributed by atoms with E-state index in [4.69, 9.17) is 5.14 Å². The zero-order valence-corrected chi connectivity index (χ0v) is 6.27. The molecule has 0 radical (unpaired) electrons. The lowest BCUT2D eigenvalue weighted by molar-refractivity contribution is 0.342. The first kappa shape index (κ1) is 7.94. The Balaban J connectivity index is 2.74. The Morgan fingerprint density at radius 2 is 2.00 bits per heavy atom. The van der Waals surface area contributed by atoms with E-state index in [9.17, 15) is 12.8 Å². The third-order valence-corrected chi connectivity index (χ3v) is 3.17. The second-order valence-corrected chi connectivity index (χ2v) is 4.36. The predicted molar refractivity (Wildman–Crippen MR) is 35.6 cm³/mol. The molecule has 0 saturated heterocycles. The van der Waals surface area contributed by atoms with Crippen LogP contribution < -0.4 is 5.14 Å². The van der Waals surface area contributed by atoms with Crippen molar-refractivity contribution < 1.29 is 12.8 Å². The maximum absolute atomic E-state index is 12.6. The lowest BCUT2D eigenvalue weighted by Crippen LogP contribution is -2.32. The monoisotopic (exact) mass is 167 g/mol. The first-order valence-corrected chi connectivity index (χ1v) is 4.78. The minimum atomic E-state index is -3.63. The van der Waals surface area contributed by atoms with Crippen molar-refractivity contribution in [3.05, 3.63) is 0 Å². The van der Waals surface area contributed by atoms with E-state index in [1.807, 2.05) is 0 Å². The molecule has 0 aliphatic heterocycles. The van der Waals surface area contributed by atoms with Gasteiger partial charge in [-0.25, -0.2) is 17.9 Å². The zero-order valence-electron chi connectivity index (χ0n) is 5.46. The molecule has 2 atom stereocenters. The summed E-state index contributed by atoms with van der Waals surface area (Å²) in [7, 11) is -3.63. The highest BCUT2D eigenvalue weighted by atomic mass is 32.2. The van der Waals surface area contributed by atoms with Gasteiger partial charge < -0.3 is 0 Å². The Kier molecular flexibility index (Phi) is 1.96. The summed E-state index contributed by atoms with van der Waals surface area (Å²) in [6.07, 6.45) is 0.0959. The number of primary sulfonamides is 1. The molecule has 5 heteroatoms. The van der Waals surface area contributed by atoms with Crippen LogP contribution >= 0.6 is 0 Å². The largest absolute Gasteiger partial charge is 0.246 e. The van der Waals surface area contributed by atoms with Gasteiger partial charge in [-0.1, -0.05) is 0 Å². The standard InChI is InChI=1S/C5H10FNO2S/c6-4-2-1-3-5(4)10(7,8)9/h4-5H,1-3H2,(H2,7,8,9)/t4-,5+/m0/s1. The molecule has 1 rings (SSSR count). The molecule has 1 aliphatic carbocycles. The average molecular weight is 167 g/mol. The number of hydrogen-bond donors (Lipinski definition) is 1. The van der Waals surface area contributed by atoms with Crippen LogP contribution in [0.1, 0.15) is 19.3 Å². The van der Waals surface area contributed by atoms with Crippen molar-refractivity contribution in [3.63, 3.8) is 0 Å². The summed E-state index contributed by atoms with van der Waals surface area (Å²) in [5, 5.41) is 3.83. The molecule has 0 heterocycles. The van der Waals surface area contributed by atoms with E-state index < -0.39 is 21.4 Å². The Labute approximate surface area is 59.5 Å². The lowest BCUT2D eigenvalue weighted by Gasteiger charge is -2.07. The molecule has 0 aromatic rings. The summed E-state index contributed by atoms with van der Waals surface area (Å²) in [6, 6.07) is 0. The van der Waals surface area contributed by atoms with Crippen molar-refractivity contribution in [2.75, 3.05) is 0 Å². The van der Waals surface area contributed by atoms with Crippen LogP contribution in [0.15, 0.2) is 0 Å². The van der Waals surface area contributed by atoms with Gasteiger partial charge in [-0.2, -0.15) is 0 Å². The van der Waals surface area contributed by atoms with E-state index >= 15 is 0 Å². The van der Waals surface area contributed by atoms with Crippen LogP contribution in [0.3, 0.4) is 0 Å². The van der Waals surface area contributed by atoms with Gasteiger partial charge in [0, 0.05) is 0 Å². The van der Waals surface area contributed by atoms with Crippen molar-refractivity contribution in [1.29, 1.82) is 0 Å². The molecule has 0 aromatic heterocycles. The molecule has 0 amide bonds. The van der Waals surface area contributed by atoms with Gasteiger partial charge in [0.1, 0.15) is 11.4 Å². The van der Waals surface area contributed by atoms with Crippen molar-refractivity contribution in [1.82, 2.24) is 0 Å².